The molecule has 1 aromatic carbocycles. The summed E-state index contributed by atoms with van der Waals surface area (Å²) in [7, 11) is 3.30. The topological polar surface area (TPSA) is 66.2 Å². The van der Waals surface area contributed by atoms with Crippen LogP contribution in [0.25, 0.3) is 11.0 Å². The summed E-state index contributed by atoms with van der Waals surface area (Å²) in [6, 6.07) is 5.55. The molecule has 0 bridgehead atoms. The molecule has 6 nitrogen and oxygen atoms in total. The maximum atomic E-state index is 13.8. The van der Waals surface area contributed by atoms with E-state index in [2.05, 4.69) is 24.2 Å². The van der Waals surface area contributed by atoms with Crippen molar-refractivity contribution in [2.75, 3.05) is 20.8 Å². The van der Waals surface area contributed by atoms with Crippen LogP contribution in [-0.2, 0) is 16.1 Å². The van der Waals surface area contributed by atoms with E-state index >= 15 is 0 Å². The Hall–Kier alpha value is -2.16. The standard InChI is InChI=1S/C31H44F3N3O3/c1-19-6-8-22-23-9-10-25(28(38)17-37-27-16-21(40-5)7-11-26(27)35-36-37)29(23,3)14-13-24(22)30(19,18-39-4)15-12-20(2)31(32,33)34/h7,11,16,19-20,22-25H,6,8-10,12-15,17-18H2,1-5H3/t19-,20+,22-,23-,24-,25+,29-,30+/m0/s1. The SMILES string of the molecule is COC[C@]1(CC[C@@H](C)C(F)(F)F)[C@@H](C)CC[C@H]2[C@@H]3CC[C@H](C(=O)Cn4nnc5ccc(OC)cc54)[C@@]3(C)CC[C@@H]21. The van der Waals surface area contributed by atoms with E-state index in [1.165, 1.54) is 6.92 Å². The van der Waals surface area contributed by atoms with Crippen LogP contribution in [0.3, 0.4) is 0 Å². The highest BCUT2D eigenvalue weighted by Crippen LogP contribution is 2.66. The second-order valence-electron chi connectivity index (χ2n) is 13.2. The van der Waals surface area contributed by atoms with Crippen molar-refractivity contribution in [3.63, 3.8) is 0 Å². The van der Waals surface area contributed by atoms with Crippen molar-refractivity contribution in [1.29, 1.82) is 0 Å². The maximum absolute atomic E-state index is 13.8. The number of alkyl halides is 3. The quantitative estimate of drug-likeness (QED) is 0.325. The third-order valence-corrected chi connectivity index (χ3v) is 11.5. The summed E-state index contributed by atoms with van der Waals surface area (Å²) in [6.45, 7) is 6.53. The molecule has 40 heavy (non-hydrogen) atoms. The highest BCUT2D eigenvalue weighted by molar-refractivity contribution is 5.84. The minimum atomic E-state index is -4.17. The van der Waals surface area contributed by atoms with Crippen LogP contribution in [0.15, 0.2) is 18.2 Å². The number of nitrogens with zero attached hydrogens (tertiary/aromatic N) is 3. The molecule has 3 saturated carbocycles. The predicted octanol–water partition coefficient (Wildman–Crippen LogP) is 7.11. The van der Waals surface area contributed by atoms with E-state index in [9.17, 15) is 18.0 Å². The Morgan fingerprint density at radius 2 is 1.93 bits per heavy atom. The van der Waals surface area contributed by atoms with Gasteiger partial charge in [-0.25, -0.2) is 4.68 Å². The van der Waals surface area contributed by atoms with Crippen LogP contribution in [0.5, 0.6) is 5.75 Å². The van der Waals surface area contributed by atoms with Crippen molar-refractivity contribution in [1.82, 2.24) is 15.0 Å². The monoisotopic (exact) mass is 563 g/mol. The van der Waals surface area contributed by atoms with Crippen molar-refractivity contribution in [2.45, 2.75) is 84.9 Å². The average Bonchev–Trinajstić information content (AvgIpc) is 3.48. The number of rotatable bonds is 9. The number of halogens is 3. The summed E-state index contributed by atoms with van der Waals surface area (Å²) >= 11 is 0. The van der Waals surface area contributed by atoms with Crippen molar-refractivity contribution in [3.05, 3.63) is 18.2 Å². The molecule has 9 heteroatoms. The van der Waals surface area contributed by atoms with Crippen molar-refractivity contribution >= 4 is 16.8 Å². The van der Waals surface area contributed by atoms with E-state index in [0.29, 0.717) is 42.4 Å². The third kappa shape index (κ3) is 4.94. The molecule has 2 aromatic rings. The van der Waals surface area contributed by atoms with E-state index in [-0.39, 0.29) is 35.5 Å². The van der Waals surface area contributed by atoms with Gasteiger partial charge in [0.05, 0.1) is 25.2 Å². The van der Waals surface area contributed by atoms with Gasteiger partial charge in [0.25, 0.3) is 0 Å². The fourth-order valence-electron chi connectivity index (χ4n) is 9.15. The number of carbonyl (C=O) groups excluding carboxylic acids is 1. The first-order chi connectivity index (χ1) is 18.9. The van der Waals surface area contributed by atoms with Crippen molar-refractivity contribution in [2.24, 2.45) is 46.3 Å². The summed E-state index contributed by atoms with van der Waals surface area (Å²) in [5.74, 6) is 0.992. The molecule has 0 unspecified atom stereocenters. The molecular weight excluding hydrogens is 519 g/mol. The molecule has 3 aliphatic rings. The summed E-state index contributed by atoms with van der Waals surface area (Å²) in [6.07, 6.45) is 2.32. The fraction of sp³-hybridized carbons (Fsp3) is 0.774. The summed E-state index contributed by atoms with van der Waals surface area (Å²) < 4.78 is 53.2. The lowest BCUT2D eigenvalue weighted by Gasteiger charge is -2.59. The molecule has 0 saturated heterocycles. The lowest BCUT2D eigenvalue weighted by Crippen LogP contribution is -2.55. The van der Waals surface area contributed by atoms with Gasteiger partial charge in [-0.1, -0.05) is 26.0 Å². The fourth-order valence-corrected chi connectivity index (χ4v) is 9.15. The van der Waals surface area contributed by atoms with Gasteiger partial charge in [-0.2, -0.15) is 13.2 Å². The van der Waals surface area contributed by atoms with Crippen LogP contribution >= 0.6 is 0 Å². The first-order valence-electron chi connectivity index (χ1n) is 14.9. The smallest absolute Gasteiger partial charge is 0.391 e. The van der Waals surface area contributed by atoms with Gasteiger partial charge in [0, 0.05) is 19.1 Å². The number of Topliss-reactive ketones (excluding diaryl/α,β-unsaturated/α-hetero) is 1. The van der Waals surface area contributed by atoms with E-state index < -0.39 is 12.1 Å². The molecular formula is C31H44F3N3O3. The number of ether oxygens (including phenoxy) is 2. The van der Waals surface area contributed by atoms with Crippen LogP contribution in [-0.4, -0.2) is 47.8 Å². The van der Waals surface area contributed by atoms with Gasteiger partial charge >= 0.3 is 6.18 Å². The van der Waals surface area contributed by atoms with Gasteiger partial charge in [-0.05, 0) is 98.0 Å². The van der Waals surface area contributed by atoms with E-state index in [4.69, 9.17) is 9.47 Å². The largest absolute Gasteiger partial charge is 0.497 e. The zero-order valence-electron chi connectivity index (χ0n) is 24.5. The van der Waals surface area contributed by atoms with Crippen LogP contribution in [0.2, 0.25) is 0 Å². The first-order valence-corrected chi connectivity index (χ1v) is 14.9. The minimum Gasteiger partial charge on any atom is -0.497 e. The van der Waals surface area contributed by atoms with Crippen LogP contribution in [0.1, 0.15) is 72.1 Å². The number of benzene rings is 1. The first kappa shape index (κ1) is 29.3. The zero-order chi connectivity index (χ0) is 28.9. The summed E-state index contributed by atoms with van der Waals surface area (Å²) in [5.41, 5.74) is 1.16. The van der Waals surface area contributed by atoms with E-state index in [1.807, 2.05) is 18.2 Å². The van der Waals surface area contributed by atoms with Gasteiger partial charge in [0.2, 0.25) is 0 Å². The molecule has 0 amide bonds. The normalized spacial score (nSPS) is 34.9. The molecule has 5 rings (SSSR count). The number of hydrogen-bond acceptors (Lipinski definition) is 5. The number of methoxy groups -OCH3 is 2. The van der Waals surface area contributed by atoms with Gasteiger partial charge in [-0.15, -0.1) is 5.10 Å². The molecule has 0 aliphatic heterocycles. The minimum absolute atomic E-state index is 0.0512. The molecule has 8 atom stereocenters. The average molecular weight is 564 g/mol. The Kier molecular flexibility index (Phi) is 8.01. The number of hydrogen-bond donors (Lipinski definition) is 0. The summed E-state index contributed by atoms with van der Waals surface area (Å²) in [5, 5.41) is 8.51. The molecule has 1 heterocycles. The third-order valence-electron chi connectivity index (χ3n) is 11.5. The van der Waals surface area contributed by atoms with Gasteiger partial charge in [0.1, 0.15) is 17.8 Å². The Morgan fingerprint density at radius 1 is 1.15 bits per heavy atom. The second kappa shape index (κ2) is 10.9. The lowest BCUT2D eigenvalue weighted by atomic mass is 9.46. The Morgan fingerprint density at radius 3 is 2.62 bits per heavy atom. The van der Waals surface area contributed by atoms with Gasteiger partial charge in [0.15, 0.2) is 5.78 Å². The van der Waals surface area contributed by atoms with Crippen molar-refractivity contribution in [3.8, 4) is 5.75 Å². The van der Waals surface area contributed by atoms with Gasteiger partial charge < -0.3 is 9.47 Å². The second-order valence-corrected chi connectivity index (χ2v) is 13.2. The highest BCUT2D eigenvalue weighted by atomic mass is 19.4. The zero-order valence-corrected chi connectivity index (χ0v) is 24.5. The van der Waals surface area contributed by atoms with E-state index in [0.717, 1.165) is 49.6 Å². The van der Waals surface area contributed by atoms with Gasteiger partial charge in [-0.3, -0.25) is 4.79 Å². The number of carbonyl (C=O) groups is 1. The van der Waals surface area contributed by atoms with Crippen LogP contribution in [0.4, 0.5) is 13.2 Å². The van der Waals surface area contributed by atoms with Crippen LogP contribution in [0, 0.1) is 46.3 Å². The van der Waals surface area contributed by atoms with Crippen LogP contribution < -0.4 is 4.74 Å². The molecule has 3 fully saturated rings. The predicted molar refractivity (Wildman–Crippen MR) is 147 cm³/mol. The molecule has 0 radical (unpaired) electrons. The molecule has 0 spiro atoms. The Balaban J connectivity index is 1.36. The van der Waals surface area contributed by atoms with Crippen molar-refractivity contribution < 1.29 is 27.4 Å². The lowest BCUT2D eigenvalue weighted by molar-refractivity contribution is -0.179. The summed E-state index contributed by atoms with van der Waals surface area (Å²) in [4.78, 5) is 13.8. The molecule has 0 N–H and O–H groups in total. The van der Waals surface area contributed by atoms with E-state index in [1.54, 1.807) is 18.9 Å². The Bertz CT molecular complexity index is 1220. The maximum Gasteiger partial charge on any atom is 0.391 e. The molecule has 222 valence electrons. The number of ketones is 1. The number of fused-ring (bicyclic) bond motifs is 4. The number of aromatic nitrogens is 3. The Labute approximate surface area is 235 Å². The molecule has 3 aliphatic carbocycles. The highest BCUT2D eigenvalue weighted by Gasteiger charge is 2.61. The molecule has 1 aromatic heterocycles.